The van der Waals surface area contributed by atoms with E-state index in [4.69, 9.17) is 0 Å². The van der Waals surface area contributed by atoms with Gasteiger partial charge < -0.3 is 25.4 Å². The molecule has 1 aliphatic heterocycles. The normalized spacial score (nSPS) is 13.9. The third-order valence-electron chi connectivity index (χ3n) is 6.06. The number of aryl methyl sites for hydroxylation is 1. The van der Waals surface area contributed by atoms with Gasteiger partial charge in [-0.25, -0.2) is 0 Å². The quantitative estimate of drug-likeness (QED) is 0.538. The molecule has 0 atom stereocenters. The predicted octanol–water partition coefficient (Wildman–Crippen LogP) is 2.90. The summed E-state index contributed by atoms with van der Waals surface area (Å²) in [6.07, 6.45) is 1.75. The Morgan fingerprint density at radius 3 is 2.45 bits per heavy atom. The van der Waals surface area contributed by atoms with Crippen LogP contribution in [0.1, 0.15) is 57.1 Å². The first-order valence-corrected chi connectivity index (χ1v) is 11.3. The summed E-state index contributed by atoms with van der Waals surface area (Å²) >= 11 is 0. The van der Waals surface area contributed by atoms with Gasteiger partial charge in [0.1, 0.15) is 0 Å². The molecule has 2 aromatic rings. The molecule has 0 spiro atoms. The largest absolute Gasteiger partial charge is 0.358 e. The highest BCUT2D eigenvalue weighted by Crippen LogP contribution is 2.35. The number of aromatic amines is 1. The fourth-order valence-electron chi connectivity index (χ4n) is 4.08. The zero-order chi connectivity index (χ0) is 24.3. The molecular weight excluding hydrogens is 418 g/mol. The Morgan fingerprint density at radius 2 is 1.82 bits per heavy atom. The van der Waals surface area contributed by atoms with Gasteiger partial charge in [-0.05, 0) is 56.8 Å². The number of hydrogen-bond donors (Lipinski definition) is 3. The molecule has 0 saturated heterocycles. The van der Waals surface area contributed by atoms with E-state index >= 15 is 0 Å². The molecule has 176 valence electrons. The van der Waals surface area contributed by atoms with Gasteiger partial charge in [0.2, 0.25) is 0 Å². The number of aromatic nitrogens is 1. The van der Waals surface area contributed by atoms with Crippen LogP contribution in [-0.2, 0) is 4.79 Å². The number of benzene rings is 1. The molecule has 1 aromatic carbocycles. The first-order valence-electron chi connectivity index (χ1n) is 11.3. The Morgan fingerprint density at radius 1 is 1.12 bits per heavy atom. The van der Waals surface area contributed by atoms with Crippen molar-refractivity contribution < 1.29 is 14.4 Å². The Balaban J connectivity index is 1.88. The predicted molar refractivity (Wildman–Crippen MR) is 131 cm³/mol. The fourth-order valence-corrected chi connectivity index (χ4v) is 4.08. The van der Waals surface area contributed by atoms with Gasteiger partial charge in [-0.3, -0.25) is 14.4 Å². The fraction of sp³-hybridized carbons (Fsp3) is 0.400. The molecular formula is C25H33N5O3. The molecule has 8 nitrogen and oxygen atoms in total. The number of nitrogens with one attached hydrogen (secondary N) is 3. The van der Waals surface area contributed by atoms with Crippen LogP contribution in [-0.4, -0.2) is 72.8 Å². The third kappa shape index (κ3) is 5.01. The summed E-state index contributed by atoms with van der Waals surface area (Å²) < 4.78 is 0. The number of H-pyrrole nitrogens is 1. The molecule has 0 fully saturated rings. The van der Waals surface area contributed by atoms with E-state index in [-0.39, 0.29) is 17.7 Å². The number of nitrogens with zero attached hydrogens (tertiary/aromatic N) is 2. The van der Waals surface area contributed by atoms with Gasteiger partial charge in [0.15, 0.2) is 0 Å². The van der Waals surface area contributed by atoms with Crippen molar-refractivity contribution in [2.45, 2.75) is 27.7 Å². The van der Waals surface area contributed by atoms with Gasteiger partial charge in [-0.2, -0.15) is 0 Å². The van der Waals surface area contributed by atoms with E-state index in [1.54, 1.807) is 38.4 Å². The molecule has 3 N–H and O–H groups in total. The van der Waals surface area contributed by atoms with Crippen LogP contribution >= 0.6 is 0 Å². The van der Waals surface area contributed by atoms with Crippen molar-refractivity contribution in [2.24, 2.45) is 0 Å². The lowest BCUT2D eigenvalue weighted by Crippen LogP contribution is -2.35. The smallest absolute Gasteiger partial charge is 0.256 e. The van der Waals surface area contributed by atoms with Crippen LogP contribution in [0.3, 0.4) is 0 Å². The molecule has 3 amide bonds. The van der Waals surface area contributed by atoms with Crippen molar-refractivity contribution in [1.82, 2.24) is 20.1 Å². The van der Waals surface area contributed by atoms with Gasteiger partial charge in [-0.15, -0.1) is 0 Å². The Kier molecular flexibility index (Phi) is 7.38. The van der Waals surface area contributed by atoms with E-state index in [0.29, 0.717) is 40.2 Å². The summed E-state index contributed by atoms with van der Waals surface area (Å²) in [7, 11) is 3.38. The number of anilines is 1. The maximum atomic E-state index is 12.8. The first kappa shape index (κ1) is 24.3. The Bertz CT molecular complexity index is 1110. The molecule has 0 saturated carbocycles. The molecule has 0 aliphatic carbocycles. The van der Waals surface area contributed by atoms with Crippen LogP contribution < -0.4 is 10.6 Å². The summed E-state index contributed by atoms with van der Waals surface area (Å²) in [6.45, 7) is 11.2. The topological polar surface area (TPSA) is 97.5 Å². The second-order valence-electron chi connectivity index (χ2n) is 8.42. The second-order valence-corrected chi connectivity index (χ2v) is 8.42. The van der Waals surface area contributed by atoms with Crippen molar-refractivity contribution in [1.29, 1.82) is 0 Å². The van der Waals surface area contributed by atoms with Crippen molar-refractivity contribution in [3.8, 4) is 0 Å². The lowest BCUT2D eigenvalue weighted by Gasteiger charge is -2.18. The van der Waals surface area contributed by atoms with Crippen LogP contribution in [0.15, 0.2) is 18.2 Å². The SMILES string of the molecule is CCN(CC)CCNC(=O)c1c(C)[nH]c(/C=C2\C(=O)Nc3ccc(C(=O)N(C)C)cc32)c1C. The summed E-state index contributed by atoms with van der Waals surface area (Å²) in [5, 5.41) is 5.85. The number of carbonyl (C=O) groups is 3. The van der Waals surface area contributed by atoms with Crippen LogP contribution in [0.5, 0.6) is 0 Å². The van der Waals surface area contributed by atoms with Crippen molar-refractivity contribution >= 4 is 35.1 Å². The highest BCUT2D eigenvalue weighted by molar-refractivity contribution is 6.35. The van der Waals surface area contributed by atoms with E-state index in [0.717, 1.165) is 30.9 Å². The third-order valence-corrected chi connectivity index (χ3v) is 6.06. The van der Waals surface area contributed by atoms with E-state index in [1.807, 2.05) is 13.8 Å². The summed E-state index contributed by atoms with van der Waals surface area (Å²) in [4.78, 5) is 44.9. The monoisotopic (exact) mass is 451 g/mol. The highest BCUT2D eigenvalue weighted by atomic mass is 16.2. The molecule has 8 heteroatoms. The average molecular weight is 452 g/mol. The van der Waals surface area contributed by atoms with Crippen LogP contribution in [0.4, 0.5) is 5.69 Å². The lowest BCUT2D eigenvalue weighted by molar-refractivity contribution is -0.110. The number of hydrogen-bond acceptors (Lipinski definition) is 4. The Hall–Kier alpha value is -3.39. The maximum Gasteiger partial charge on any atom is 0.256 e. The van der Waals surface area contributed by atoms with Crippen LogP contribution in [0.2, 0.25) is 0 Å². The second kappa shape index (κ2) is 10.0. The zero-order valence-electron chi connectivity index (χ0n) is 20.3. The van der Waals surface area contributed by atoms with Crippen molar-refractivity contribution in [2.75, 3.05) is 45.6 Å². The standard InChI is InChI=1S/C25H33N5O3/c1-7-30(8-2)12-11-26-24(32)22-15(3)21(27-16(22)4)14-19-18-13-17(25(33)29(5)6)9-10-20(18)28-23(19)31/h9-10,13-14,27H,7-8,11-12H2,1-6H3,(H,26,32)(H,28,31)/b19-14-. The number of amides is 3. The number of rotatable bonds is 8. The van der Waals surface area contributed by atoms with Gasteiger partial charge in [-0.1, -0.05) is 13.8 Å². The number of carbonyl (C=O) groups excluding carboxylic acids is 3. The molecule has 0 bridgehead atoms. The summed E-state index contributed by atoms with van der Waals surface area (Å²) in [5.41, 5.74) is 5.11. The number of fused-ring (bicyclic) bond motifs is 1. The summed E-state index contributed by atoms with van der Waals surface area (Å²) in [6, 6.07) is 5.18. The van der Waals surface area contributed by atoms with E-state index in [2.05, 4.69) is 34.4 Å². The molecule has 0 unspecified atom stereocenters. The first-order chi connectivity index (χ1) is 15.7. The number of likely N-dealkylation sites (N-methyl/N-ethyl adjacent to an activating group) is 1. The van der Waals surface area contributed by atoms with Gasteiger partial charge in [0.25, 0.3) is 17.7 Å². The van der Waals surface area contributed by atoms with Crippen LogP contribution in [0.25, 0.3) is 11.6 Å². The zero-order valence-corrected chi connectivity index (χ0v) is 20.3. The Labute approximate surface area is 195 Å². The summed E-state index contributed by atoms with van der Waals surface area (Å²) in [5.74, 6) is -0.503. The molecule has 2 heterocycles. The molecule has 3 rings (SSSR count). The molecule has 33 heavy (non-hydrogen) atoms. The van der Waals surface area contributed by atoms with E-state index < -0.39 is 0 Å². The maximum absolute atomic E-state index is 12.8. The highest BCUT2D eigenvalue weighted by Gasteiger charge is 2.27. The molecule has 0 radical (unpaired) electrons. The van der Waals surface area contributed by atoms with Crippen molar-refractivity contribution in [3.63, 3.8) is 0 Å². The minimum absolute atomic E-state index is 0.131. The average Bonchev–Trinajstić information content (AvgIpc) is 3.25. The van der Waals surface area contributed by atoms with Crippen molar-refractivity contribution in [3.05, 3.63) is 51.8 Å². The van der Waals surface area contributed by atoms with Gasteiger partial charge in [0.05, 0.1) is 11.1 Å². The molecule has 1 aliphatic rings. The molecule has 1 aromatic heterocycles. The van der Waals surface area contributed by atoms with Gasteiger partial charge >= 0.3 is 0 Å². The minimum Gasteiger partial charge on any atom is -0.358 e. The minimum atomic E-state index is -0.240. The lowest BCUT2D eigenvalue weighted by atomic mass is 10.0. The van der Waals surface area contributed by atoms with E-state index in [9.17, 15) is 14.4 Å². The van der Waals surface area contributed by atoms with Gasteiger partial charge in [0, 0.05) is 55.4 Å². The van der Waals surface area contributed by atoms with E-state index in [1.165, 1.54) is 4.90 Å². The van der Waals surface area contributed by atoms with Crippen LogP contribution in [0, 0.1) is 13.8 Å².